The minimum Gasteiger partial charge on any atom is -0.374 e. The Balaban J connectivity index is 1.79. The lowest BCUT2D eigenvalue weighted by atomic mass is 10.0. The van der Waals surface area contributed by atoms with Crippen LogP contribution in [0.1, 0.15) is 31.2 Å². The third-order valence-electron chi connectivity index (χ3n) is 3.21. The standard InChI is InChI=1S/C15H19NO2/c16-11-15-9-8-14(7-4-10-17-15)18-12-13-5-2-1-3-6-13/h1-3,5-6,14-15H,4,7-10,12H2/t14-,15-/m0/s1. The van der Waals surface area contributed by atoms with Gasteiger partial charge in [0, 0.05) is 6.61 Å². The molecule has 0 amide bonds. The smallest absolute Gasteiger partial charge is 0.144 e. The zero-order valence-corrected chi connectivity index (χ0v) is 10.5. The molecule has 3 nitrogen and oxygen atoms in total. The largest absolute Gasteiger partial charge is 0.374 e. The highest BCUT2D eigenvalue weighted by Crippen LogP contribution is 2.18. The molecule has 2 rings (SSSR count). The van der Waals surface area contributed by atoms with Gasteiger partial charge in [0.25, 0.3) is 0 Å². The van der Waals surface area contributed by atoms with Crippen LogP contribution in [0, 0.1) is 11.3 Å². The molecule has 3 heteroatoms. The first-order valence-corrected chi connectivity index (χ1v) is 6.55. The Labute approximate surface area is 108 Å². The van der Waals surface area contributed by atoms with Crippen molar-refractivity contribution in [2.75, 3.05) is 6.61 Å². The summed E-state index contributed by atoms with van der Waals surface area (Å²) in [5, 5.41) is 8.89. The predicted octanol–water partition coefficient (Wildman–Crippen LogP) is 3.05. The first-order valence-electron chi connectivity index (χ1n) is 6.55. The Bertz CT molecular complexity index is 385. The van der Waals surface area contributed by atoms with Crippen LogP contribution in [0.15, 0.2) is 30.3 Å². The Hall–Kier alpha value is -1.37. The summed E-state index contributed by atoms with van der Waals surface area (Å²) < 4.78 is 11.4. The van der Waals surface area contributed by atoms with Crippen LogP contribution in [-0.4, -0.2) is 18.8 Å². The fourth-order valence-corrected chi connectivity index (χ4v) is 2.16. The molecule has 1 aromatic carbocycles. The number of benzene rings is 1. The van der Waals surface area contributed by atoms with Gasteiger partial charge in [-0.15, -0.1) is 0 Å². The molecule has 0 unspecified atom stereocenters. The van der Waals surface area contributed by atoms with E-state index in [4.69, 9.17) is 14.7 Å². The number of hydrogen-bond donors (Lipinski definition) is 0. The Morgan fingerprint density at radius 3 is 2.83 bits per heavy atom. The van der Waals surface area contributed by atoms with Crippen molar-refractivity contribution in [3.8, 4) is 6.07 Å². The lowest BCUT2D eigenvalue weighted by Crippen LogP contribution is -2.22. The van der Waals surface area contributed by atoms with Crippen LogP contribution in [0.25, 0.3) is 0 Å². The van der Waals surface area contributed by atoms with Crippen molar-refractivity contribution in [3.63, 3.8) is 0 Å². The van der Waals surface area contributed by atoms with Gasteiger partial charge in [-0.3, -0.25) is 0 Å². The van der Waals surface area contributed by atoms with Crippen LogP contribution in [-0.2, 0) is 16.1 Å². The molecular formula is C15H19NO2. The second-order valence-corrected chi connectivity index (χ2v) is 4.63. The number of rotatable bonds is 3. The van der Waals surface area contributed by atoms with Gasteiger partial charge in [0.1, 0.15) is 6.10 Å². The molecule has 0 saturated carbocycles. The first-order chi connectivity index (χ1) is 8.88. The lowest BCUT2D eigenvalue weighted by molar-refractivity contribution is -0.0104. The van der Waals surface area contributed by atoms with Gasteiger partial charge in [0.05, 0.1) is 18.8 Å². The average molecular weight is 245 g/mol. The van der Waals surface area contributed by atoms with Gasteiger partial charge in [-0.05, 0) is 31.2 Å². The van der Waals surface area contributed by atoms with Crippen molar-refractivity contribution in [2.45, 2.75) is 44.5 Å². The minimum absolute atomic E-state index is 0.255. The molecule has 18 heavy (non-hydrogen) atoms. The molecule has 2 atom stereocenters. The van der Waals surface area contributed by atoms with Crippen LogP contribution < -0.4 is 0 Å². The summed E-state index contributed by atoms with van der Waals surface area (Å²) in [6.07, 6.45) is 3.67. The van der Waals surface area contributed by atoms with Crippen LogP contribution in [0.5, 0.6) is 0 Å². The summed E-state index contributed by atoms with van der Waals surface area (Å²) in [4.78, 5) is 0. The van der Waals surface area contributed by atoms with E-state index < -0.39 is 0 Å². The molecule has 0 radical (unpaired) electrons. The Morgan fingerprint density at radius 1 is 1.22 bits per heavy atom. The molecule has 0 aromatic heterocycles. The molecule has 1 heterocycles. The van der Waals surface area contributed by atoms with E-state index in [1.807, 2.05) is 18.2 Å². The van der Waals surface area contributed by atoms with Crippen molar-refractivity contribution in [2.24, 2.45) is 0 Å². The van der Waals surface area contributed by atoms with Gasteiger partial charge in [-0.2, -0.15) is 5.26 Å². The molecule has 1 aliphatic rings. The topological polar surface area (TPSA) is 42.2 Å². The lowest BCUT2D eigenvalue weighted by Gasteiger charge is -2.22. The molecule has 1 aliphatic heterocycles. The highest BCUT2D eigenvalue weighted by Gasteiger charge is 2.17. The van der Waals surface area contributed by atoms with E-state index in [0.29, 0.717) is 13.2 Å². The predicted molar refractivity (Wildman–Crippen MR) is 68.8 cm³/mol. The summed E-state index contributed by atoms with van der Waals surface area (Å²) >= 11 is 0. The number of nitrogens with zero attached hydrogens (tertiary/aromatic N) is 1. The normalized spacial score (nSPS) is 24.8. The highest BCUT2D eigenvalue weighted by atomic mass is 16.5. The fourth-order valence-electron chi connectivity index (χ4n) is 2.16. The number of ether oxygens (including phenoxy) is 2. The number of hydrogen-bond acceptors (Lipinski definition) is 3. The summed E-state index contributed by atoms with van der Waals surface area (Å²) in [6.45, 7) is 1.33. The molecule has 0 bridgehead atoms. The Morgan fingerprint density at radius 2 is 2.06 bits per heavy atom. The van der Waals surface area contributed by atoms with E-state index in [1.165, 1.54) is 5.56 Å². The monoisotopic (exact) mass is 245 g/mol. The van der Waals surface area contributed by atoms with Gasteiger partial charge in [0.15, 0.2) is 0 Å². The molecule has 0 spiro atoms. The SMILES string of the molecule is N#C[C@@H]1CC[C@@H](OCc2ccccc2)CCCO1. The molecule has 0 N–H and O–H groups in total. The molecule has 1 saturated heterocycles. The summed E-state index contributed by atoms with van der Waals surface area (Å²) in [7, 11) is 0. The molecule has 1 aromatic rings. The highest BCUT2D eigenvalue weighted by molar-refractivity contribution is 5.13. The summed E-state index contributed by atoms with van der Waals surface area (Å²) in [6, 6.07) is 12.4. The van der Waals surface area contributed by atoms with Crippen molar-refractivity contribution in [3.05, 3.63) is 35.9 Å². The van der Waals surface area contributed by atoms with Crippen molar-refractivity contribution in [1.82, 2.24) is 0 Å². The van der Waals surface area contributed by atoms with E-state index in [-0.39, 0.29) is 12.2 Å². The van der Waals surface area contributed by atoms with Crippen molar-refractivity contribution in [1.29, 1.82) is 5.26 Å². The first kappa shape index (κ1) is 13.1. The maximum absolute atomic E-state index is 8.89. The second-order valence-electron chi connectivity index (χ2n) is 4.63. The van der Waals surface area contributed by atoms with Crippen molar-refractivity contribution >= 4 is 0 Å². The minimum atomic E-state index is -0.256. The third kappa shape index (κ3) is 4.14. The fraction of sp³-hybridized carbons (Fsp3) is 0.533. The van der Waals surface area contributed by atoms with E-state index in [2.05, 4.69) is 18.2 Å². The summed E-state index contributed by atoms with van der Waals surface area (Å²) in [5.41, 5.74) is 1.20. The van der Waals surface area contributed by atoms with Crippen LogP contribution >= 0.6 is 0 Å². The molecule has 96 valence electrons. The van der Waals surface area contributed by atoms with E-state index >= 15 is 0 Å². The van der Waals surface area contributed by atoms with E-state index in [0.717, 1.165) is 25.7 Å². The molecular weight excluding hydrogens is 226 g/mol. The van der Waals surface area contributed by atoms with Crippen LogP contribution in [0.3, 0.4) is 0 Å². The average Bonchev–Trinajstić information content (AvgIpc) is 2.39. The Kier molecular flexibility index (Phi) is 5.19. The maximum atomic E-state index is 8.89. The third-order valence-corrected chi connectivity index (χ3v) is 3.21. The van der Waals surface area contributed by atoms with Gasteiger partial charge in [-0.1, -0.05) is 30.3 Å². The van der Waals surface area contributed by atoms with E-state index in [1.54, 1.807) is 0 Å². The number of nitriles is 1. The molecule has 0 aliphatic carbocycles. The second kappa shape index (κ2) is 7.15. The van der Waals surface area contributed by atoms with Crippen LogP contribution in [0.4, 0.5) is 0 Å². The maximum Gasteiger partial charge on any atom is 0.144 e. The van der Waals surface area contributed by atoms with Gasteiger partial charge in [-0.25, -0.2) is 0 Å². The van der Waals surface area contributed by atoms with Gasteiger partial charge < -0.3 is 9.47 Å². The van der Waals surface area contributed by atoms with Crippen molar-refractivity contribution < 1.29 is 9.47 Å². The zero-order valence-electron chi connectivity index (χ0n) is 10.5. The zero-order chi connectivity index (χ0) is 12.6. The molecule has 1 fully saturated rings. The van der Waals surface area contributed by atoms with E-state index in [9.17, 15) is 0 Å². The van der Waals surface area contributed by atoms with Gasteiger partial charge >= 0.3 is 0 Å². The van der Waals surface area contributed by atoms with Gasteiger partial charge in [0.2, 0.25) is 0 Å². The van der Waals surface area contributed by atoms with Crippen LogP contribution in [0.2, 0.25) is 0 Å². The quantitative estimate of drug-likeness (QED) is 0.822. The summed E-state index contributed by atoms with van der Waals surface area (Å²) in [5.74, 6) is 0.